The van der Waals surface area contributed by atoms with Gasteiger partial charge in [0.05, 0.1) is 10.9 Å². The summed E-state index contributed by atoms with van der Waals surface area (Å²) in [6.45, 7) is 1.77. The molecule has 0 amide bonds. The van der Waals surface area contributed by atoms with Crippen LogP contribution >= 0.6 is 0 Å². The van der Waals surface area contributed by atoms with Crippen molar-refractivity contribution >= 4 is 23.2 Å². The van der Waals surface area contributed by atoms with Gasteiger partial charge in [0.15, 0.2) is 0 Å². The zero-order chi connectivity index (χ0) is 15.4. The fourth-order valence-electron chi connectivity index (χ4n) is 2.19. The van der Waals surface area contributed by atoms with Gasteiger partial charge in [0, 0.05) is 6.21 Å². The lowest BCUT2D eigenvalue weighted by Gasteiger charge is -2.04. The number of hydrogen-bond acceptors (Lipinski definition) is 3. The Labute approximate surface area is 128 Å². The van der Waals surface area contributed by atoms with E-state index in [0.717, 1.165) is 5.56 Å². The third kappa shape index (κ3) is 2.86. The third-order valence-corrected chi connectivity index (χ3v) is 3.27. The average molecular weight is 289 g/mol. The molecule has 0 unspecified atom stereocenters. The van der Waals surface area contributed by atoms with Crippen molar-refractivity contribution in [2.24, 2.45) is 5.10 Å². The number of aromatic nitrogens is 2. The Morgan fingerprint density at radius 3 is 2.59 bits per heavy atom. The number of hydrogen-bond donors (Lipinski definition) is 0. The van der Waals surface area contributed by atoms with Crippen molar-refractivity contribution in [1.29, 1.82) is 0 Å². The maximum Gasteiger partial charge on any atom is 0.282 e. The smallest absolute Gasteiger partial charge is 0.267 e. The summed E-state index contributed by atoms with van der Waals surface area (Å²) in [5, 5.41) is 4.77. The first-order valence-electron chi connectivity index (χ1n) is 7.00. The maximum atomic E-state index is 12.4. The average Bonchev–Trinajstić information content (AvgIpc) is 2.55. The van der Waals surface area contributed by atoms with Gasteiger partial charge in [-0.25, -0.2) is 4.98 Å². The molecule has 22 heavy (non-hydrogen) atoms. The van der Waals surface area contributed by atoms with E-state index in [4.69, 9.17) is 0 Å². The second kappa shape index (κ2) is 6.18. The maximum absolute atomic E-state index is 12.4. The molecule has 1 aromatic heterocycles. The molecule has 3 rings (SSSR count). The SMILES string of the molecule is Cc1nc2ccccc2c(=O)n1/N=C/C=C/c1ccccc1. The first-order chi connectivity index (χ1) is 10.8. The minimum absolute atomic E-state index is 0.160. The highest BCUT2D eigenvalue weighted by Gasteiger charge is 2.05. The van der Waals surface area contributed by atoms with Crippen LogP contribution in [0.25, 0.3) is 17.0 Å². The quantitative estimate of drug-likeness (QED) is 0.695. The summed E-state index contributed by atoms with van der Waals surface area (Å²) in [6, 6.07) is 17.2. The van der Waals surface area contributed by atoms with Gasteiger partial charge >= 0.3 is 0 Å². The summed E-state index contributed by atoms with van der Waals surface area (Å²) >= 11 is 0. The summed E-state index contributed by atoms with van der Waals surface area (Å²) in [7, 11) is 0. The molecule has 2 aromatic carbocycles. The van der Waals surface area contributed by atoms with Gasteiger partial charge in [-0.1, -0.05) is 48.5 Å². The molecule has 0 saturated carbocycles. The van der Waals surface area contributed by atoms with Crippen molar-refractivity contribution in [2.75, 3.05) is 0 Å². The molecule has 4 nitrogen and oxygen atoms in total. The number of allylic oxidation sites excluding steroid dienone is 1. The number of benzene rings is 2. The lowest BCUT2D eigenvalue weighted by atomic mass is 10.2. The van der Waals surface area contributed by atoms with Crippen LogP contribution in [-0.2, 0) is 0 Å². The standard InChI is InChI=1S/C18H15N3O/c1-14-20-17-12-6-5-11-16(17)18(22)21(14)19-13-7-10-15-8-3-2-4-9-15/h2-13H,1H3/b10-7+,19-13+. The summed E-state index contributed by atoms with van der Waals surface area (Å²) in [4.78, 5) is 16.8. The Morgan fingerprint density at radius 2 is 1.77 bits per heavy atom. The molecule has 0 fully saturated rings. The monoisotopic (exact) mass is 289 g/mol. The topological polar surface area (TPSA) is 47.2 Å². The van der Waals surface area contributed by atoms with Crippen LogP contribution in [0.5, 0.6) is 0 Å². The molecule has 1 heterocycles. The van der Waals surface area contributed by atoms with Crippen molar-refractivity contribution in [2.45, 2.75) is 6.92 Å². The molecule has 4 heteroatoms. The number of nitrogens with zero attached hydrogens (tertiary/aromatic N) is 3. The first-order valence-corrected chi connectivity index (χ1v) is 7.00. The van der Waals surface area contributed by atoms with Crippen molar-refractivity contribution < 1.29 is 0 Å². The number of aryl methyl sites for hydroxylation is 1. The minimum atomic E-state index is -0.160. The van der Waals surface area contributed by atoms with Crippen LogP contribution in [0.4, 0.5) is 0 Å². The Hall–Kier alpha value is -3.01. The first kappa shape index (κ1) is 13.9. The molecule has 0 spiro atoms. The normalized spacial score (nSPS) is 11.7. The fourth-order valence-corrected chi connectivity index (χ4v) is 2.19. The van der Waals surface area contributed by atoms with E-state index in [1.54, 1.807) is 25.3 Å². The van der Waals surface area contributed by atoms with Crippen LogP contribution in [0.1, 0.15) is 11.4 Å². The third-order valence-electron chi connectivity index (χ3n) is 3.27. The Morgan fingerprint density at radius 1 is 1.05 bits per heavy atom. The predicted molar refractivity (Wildman–Crippen MR) is 90.1 cm³/mol. The zero-order valence-electron chi connectivity index (χ0n) is 12.2. The lowest BCUT2D eigenvalue weighted by molar-refractivity contribution is 0.771. The molecule has 0 aliphatic heterocycles. The molecule has 0 bridgehead atoms. The summed E-state index contributed by atoms with van der Waals surface area (Å²) in [5.74, 6) is 0.563. The van der Waals surface area contributed by atoms with E-state index in [1.807, 2.05) is 54.6 Å². The number of rotatable bonds is 3. The van der Waals surface area contributed by atoms with Gasteiger partial charge < -0.3 is 0 Å². The van der Waals surface area contributed by atoms with Gasteiger partial charge in [-0.3, -0.25) is 4.79 Å². The van der Waals surface area contributed by atoms with E-state index in [1.165, 1.54) is 4.68 Å². The predicted octanol–water partition coefficient (Wildman–Crippen LogP) is 3.25. The van der Waals surface area contributed by atoms with Gasteiger partial charge in [-0.05, 0) is 30.7 Å². The summed E-state index contributed by atoms with van der Waals surface area (Å²) in [6.07, 6.45) is 5.33. The van der Waals surface area contributed by atoms with Gasteiger partial charge in [0.25, 0.3) is 5.56 Å². The van der Waals surface area contributed by atoms with Crippen LogP contribution in [0.3, 0.4) is 0 Å². The molecule has 0 aliphatic carbocycles. The number of fused-ring (bicyclic) bond motifs is 1. The molecule has 0 saturated heterocycles. The van der Waals surface area contributed by atoms with Crippen LogP contribution in [-0.4, -0.2) is 15.9 Å². The van der Waals surface area contributed by atoms with E-state index in [-0.39, 0.29) is 5.56 Å². The molecule has 3 aromatic rings. The highest BCUT2D eigenvalue weighted by atomic mass is 16.1. The van der Waals surface area contributed by atoms with Crippen LogP contribution in [0.15, 0.2) is 70.6 Å². The largest absolute Gasteiger partial charge is 0.282 e. The van der Waals surface area contributed by atoms with E-state index in [9.17, 15) is 4.79 Å². The minimum Gasteiger partial charge on any atom is -0.267 e. The number of para-hydroxylation sites is 1. The van der Waals surface area contributed by atoms with Gasteiger partial charge in [0.1, 0.15) is 5.82 Å². The molecule has 108 valence electrons. The van der Waals surface area contributed by atoms with Crippen molar-refractivity contribution in [1.82, 2.24) is 9.66 Å². The highest BCUT2D eigenvalue weighted by molar-refractivity contribution is 5.79. The molecule has 0 N–H and O–H groups in total. The van der Waals surface area contributed by atoms with E-state index < -0.39 is 0 Å². The molecular weight excluding hydrogens is 274 g/mol. The molecule has 0 atom stereocenters. The van der Waals surface area contributed by atoms with Crippen molar-refractivity contribution in [3.8, 4) is 0 Å². The van der Waals surface area contributed by atoms with E-state index in [2.05, 4.69) is 10.1 Å². The van der Waals surface area contributed by atoms with Gasteiger partial charge in [-0.2, -0.15) is 9.78 Å². The van der Waals surface area contributed by atoms with E-state index in [0.29, 0.717) is 16.7 Å². The Bertz CT molecular complexity index is 909. The Balaban J connectivity index is 1.92. The zero-order valence-corrected chi connectivity index (χ0v) is 12.2. The van der Waals surface area contributed by atoms with E-state index >= 15 is 0 Å². The fraction of sp³-hybridized carbons (Fsp3) is 0.0556. The lowest BCUT2D eigenvalue weighted by Crippen LogP contribution is -2.20. The van der Waals surface area contributed by atoms with Crippen LogP contribution in [0, 0.1) is 6.92 Å². The van der Waals surface area contributed by atoms with Gasteiger partial charge in [-0.15, -0.1) is 0 Å². The second-order valence-corrected chi connectivity index (χ2v) is 4.83. The second-order valence-electron chi connectivity index (χ2n) is 4.83. The van der Waals surface area contributed by atoms with Crippen LogP contribution in [0.2, 0.25) is 0 Å². The molecular formula is C18H15N3O. The van der Waals surface area contributed by atoms with Gasteiger partial charge in [0.2, 0.25) is 0 Å². The van der Waals surface area contributed by atoms with Crippen LogP contribution < -0.4 is 5.56 Å². The Kier molecular flexibility index (Phi) is 3.92. The summed E-state index contributed by atoms with van der Waals surface area (Å²) in [5.41, 5.74) is 1.61. The summed E-state index contributed by atoms with van der Waals surface area (Å²) < 4.78 is 1.32. The molecule has 0 aliphatic rings. The van der Waals surface area contributed by atoms with Crippen molar-refractivity contribution in [3.05, 3.63) is 82.4 Å². The highest BCUT2D eigenvalue weighted by Crippen LogP contribution is 2.07. The van der Waals surface area contributed by atoms with Crippen molar-refractivity contribution in [3.63, 3.8) is 0 Å². The molecule has 0 radical (unpaired) electrons.